The van der Waals surface area contributed by atoms with Gasteiger partial charge in [0.2, 0.25) is 11.5 Å². The Morgan fingerprint density at radius 3 is 2.52 bits per heavy atom. The van der Waals surface area contributed by atoms with Crippen LogP contribution in [0.5, 0.6) is 0 Å². The molecular weight excluding hydrogens is 374 g/mol. The summed E-state index contributed by atoms with van der Waals surface area (Å²) in [6, 6.07) is 4.60. The van der Waals surface area contributed by atoms with E-state index >= 15 is 0 Å². The average Bonchev–Trinajstić information content (AvgIpc) is 2.63. The molecule has 2 rings (SSSR count). The third-order valence-corrected chi connectivity index (χ3v) is 4.54. The first kappa shape index (κ1) is 22.1. The van der Waals surface area contributed by atoms with Gasteiger partial charge < -0.3 is 19.8 Å². The Balaban J connectivity index is 2.37. The summed E-state index contributed by atoms with van der Waals surface area (Å²) in [6.45, 7) is 6.47. The number of rotatable bonds is 5. The number of benzene rings is 1. The molecule has 0 saturated carbocycles. The summed E-state index contributed by atoms with van der Waals surface area (Å²) in [4.78, 5) is 38.5. The van der Waals surface area contributed by atoms with E-state index in [-0.39, 0.29) is 12.3 Å². The third-order valence-electron chi connectivity index (χ3n) is 4.54. The summed E-state index contributed by atoms with van der Waals surface area (Å²) in [5.74, 6) is 4.09. The summed E-state index contributed by atoms with van der Waals surface area (Å²) >= 11 is 0. The van der Waals surface area contributed by atoms with E-state index in [2.05, 4.69) is 26.8 Å². The highest BCUT2D eigenvalue weighted by molar-refractivity contribution is 6.01. The lowest BCUT2D eigenvalue weighted by molar-refractivity contribution is -0.143. The van der Waals surface area contributed by atoms with E-state index in [0.717, 1.165) is 0 Å². The molecule has 0 saturated heterocycles. The highest BCUT2D eigenvalue weighted by atomic mass is 16.5. The number of aromatic nitrogens is 1. The molecule has 29 heavy (non-hydrogen) atoms. The first-order valence-electron chi connectivity index (χ1n) is 9.01. The van der Waals surface area contributed by atoms with E-state index < -0.39 is 22.5 Å². The number of aliphatic hydroxyl groups is 1. The highest BCUT2D eigenvalue weighted by Gasteiger charge is 2.43. The molecule has 8 nitrogen and oxygen atoms in total. The van der Waals surface area contributed by atoms with Gasteiger partial charge in [-0.25, -0.2) is 4.79 Å². The number of hydrogen-bond acceptors (Lipinski definition) is 6. The zero-order chi connectivity index (χ0) is 22.0. The molecule has 1 aromatic heterocycles. The fraction of sp³-hybridized carbons (Fsp3) is 0.429. The minimum Gasteiger partial charge on any atom is -0.369 e. The van der Waals surface area contributed by atoms with E-state index in [1.807, 2.05) is 0 Å². The van der Waals surface area contributed by atoms with E-state index in [1.165, 1.54) is 24.0 Å². The molecule has 0 radical (unpaired) electrons. The Kier molecular flexibility index (Phi) is 6.14. The Labute approximate surface area is 168 Å². The fourth-order valence-electron chi connectivity index (χ4n) is 3.25. The van der Waals surface area contributed by atoms with Crippen molar-refractivity contribution in [2.75, 3.05) is 19.4 Å². The van der Waals surface area contributed by atoms with Gasteiger partial charge in [-0.15, -0.1) is 5.92 Å². The van der Waals surface area contributed by atoms with Gasteiger partial charge in [0.15, 0.2) is 0 Å². The molecule has 1 atom stereocenters. The number of nitrogens with one attached hydrogen (secondary N) is 1. The molecule has 8 heteroatoms. The molecule has 1 heterocycles. The molecule has 1 aromatic carbocycles. The van der Waals surface area contributed by atoms with Crippen LogP contribution >= 0.6 is 0 Å². The maximum absolute atomic E-state index is 12.9. The van der Waals surface area contributed by atoms with E-state index in [1.54, 1.807) is 40.9 Å². The topological polar surface area (TPSA) is 113 Å². The third kappa shape index (κ3) is 4.63. The first-order chi connectivity index (χ1) is 13.4. The normalized spacial score (nSPS) is 13.2. The monoisotopic (exact) mass is 399 g/mol. The number of carbonyl (C=O) groups excluding carboxylic acids is 2. The minimum atomic E-state index is -2.08. The number of carbonyl (C=O) groups is 2. The predicted molar refractivity (Wildman–Crippen MR) is 109 cm³/mol. The summed E-state index contributed by atoms with van der Waals surface area (Å²) in [7, 11) is 3.22. The molecule has 154 valence electrons. The Hall–Kier alpha value is -3.18. The molecule has 0 aliphatic rings. The standard InChI is InChI=1S/C21H25N3O5/c1-7-10-21(28,12-20(3,4)19(27)24(5)6)18(26)22-14-8-9-15-16(11-14)13(2)23-29-17(15)25/h8-9,11,28H,12H2,1-6H3,(H,22,26). The van der Waals surface area contributed by atoms with Crippen molar-refractivity contribution in [3.05, 3.63) is 34.3 Å². The summed E-state index contributed by atoms with van der Waals surface area (Å²) in [5.41, 5.74) is -2.85. The number of fused-ring (bicyclic) bond motifs is 1. The lowest BCUT2D eigenvalue weighted by Gasteiger charge is -2.33. The van der Waals surface area contributed by atoms with Gasteiger partial charge in [-0.2, -0.15) is 0 Å². The van der Waals surface area contributed by atoms with Crippen molar-refractivity contribution in [3.8, 4) is 11.8 Å². The van der Waals surface area contributed by atoms with E-state index in [9.17, 15) is 19.5 Å². The molecule has 1 unspecified atom stereocenters. The summed E-state index contributed by atoms with van der Waals surface area (Å²) in [6.07, 6.45) is -0.193. The van der Waals surface area contributed by atoms with Gasteiger partial charge in [-0.3, -0.25) is 9.59 Å². The lowest BCUT2D eigenvalue weighted by Crippen LogP contribution is -2.48. The van der Waals surface area contributed by atoms with Crippen LogP contribution in [0.4, 0.5) is 5.69 Å². The van der Waals surface area contributed by atoms with Crippen molar-refractivity contribution in [1.82, 2.24) is 10.1 Å². The first-order valence-corrected chi connectivity index (χ1v) is 9.01. The zero-order valence-electron chi connectivity index (χ0n) is 17.4. The number of hydrogen-bond donors (Lipinski definition) is 2. The molecule has 0 aliphatic heterocycles. The second-order valence-electron chi connectivity index (χ2n) is 7.77. The number of aryl methyl sites for hydroxylation is 1. The Morgan fingerprint density at radius 2 is 1.93 bits per heavy atom. The van der Waals surface area contributed by atoms with E-state index in [4.69, 9.17) is 0 Å². The molecule has 0 bridgehead atoms. The van der Waals surface area contributed by atoms with Crippen LogP contribution in [0.25, 0.3) is 10.8 Å². The maximum atomic E-state index is 12.9. The van der Waals surface area contributed by atoms with Gasteiger partial charge in [-0.1, -0.05) is 24.9 Å². The van der Waals surface area contributed by atoms with Gasteiger partial charge in [-0.05, 0) is 32.0 Å². The van der Waals surface area contributed by atoms with Crippen molar-refractivity contribution >= 4 is 28.3 Å². The van der Waals surface area contributed by atoms with Crippen LogP contribution in [0, 0.1) is 24.2 Å². The second kappa shape index (κ2) is 8.05. The van der Waals surface area contributed by atoms with Crippen LogP contribution in [0.2, 0.25) is 0 Å². The number of anilines is 1. The van der Waals surface area contributed by atoms with Gasteiger partial charge in [0.25, 0.3) is 5.91 Å². The SMILES string of the molecule is CC#CC(O)(CC(C)(C)C(=O)N(C)C)C(=O)Nc1ccc2c(=O)onc(C)c2c1. The van der Waals surface area contributed by atoms with Crippen LogP contribution in [-0.2, 0) is 9.59 Å². The minimum absolute atomic E-state index is 0.193. The molecule has 0 spiro atoms. The second-order valence-corrected chi connectivity index (χ2v) is 7.77. The summed E-state index contributed by atoms with van der Waals surface area (Å²) < 4.78 is 4.69. The van der Waals surface area contributed by atoms with Crippen LogP contribution in [0.1, 0.15) is 32.9 Å². The van der Waals surface area contributed by atoms with Crippen molar-refractivity contribution in [1.29, 1.82) is 0 Å². The average molecular weight is 399 g/mol. The van der Waals surface area contributed by atoms with Crippen LogP contribution in [0.3, 0.4) is 0 Å². The highest BCUT2D eigenvalue weighted by Crippen LogP contribution is 2.31. The molecule has 0 aliphatic carbocycles. The molecular formula is C21H25N3O5. The predicted octanol–water partition coefficient (Wildman–Crippen LogP) is 1.69. The quantitative estimate of drug-likeness (QED) is 0.740. The molecule has 2 N–H and O–H groups in total. The Morgan fingerprint density at radius 1 is 1.28 bits per heavy atom. The fourth-order valence-corrected chi connectivity index (χ4v) is 3.25. The molecule has 0 fully saturated rings. The number of amides is 2. The van der Waals surface area contributed by atoms with Gasteiger partial charge in [0.05, 0.1) is 11.1 Å². The van der Waals surface area contributed by atoms with Gasteiger partial charge in [0.1, 0.15) is 0 Å². The molecule has 2 amide bonds. The van der Waals surface area contributed by atoms with Crippen molar-refractivity contribution in [2.45, 2.75) is 39.7 Å². The van der Waals surface area contributed by atoms with Crippen LogP contribution in [-0.4, -0.2) is 46.7 Å². The summed E-state index contributed by atoms with van der Waals surface area (Å²) in [5, 5.41) is 18.1. The van der Waals surface area contributed by atoms with Gasteiger partial charge >= 0.3 is 5.63 Å². The Bertz CT molecular complexity index is 1080. The number of nitrogens with zero attached hydrogens (tertiary/aromatic N) is 2. The van der Waals surface area contributed by atoms with Crippen molar-refractivity contribution in [2.24, 2.45) is 5.41 Å². The van der Waals surface area contributed by atoms with Gasteiger partial charge in [0, 0.05) is 37.0 Å². The smallest absolute Gasteiger partial charge is 0.366 e. The van der Waals surface area contributed by atoms with Crippen LogP contribution in [0.15, 0.2) is 27.5 Å². The maximum Gasteiger partial charge on any atom is 0.366 e. The van der Waals surface area contributed by atoms with Crippen molar-refractivity contribution in [3.63, 3.8) is 0 Å². The zero-order valence-corrected chi connectivity index (χ0v) is 17.4. The van der Waals surface area contributed by atoms with Crippen molar-refractivity contribution < 1.29 is 19.2 Å². The largest absolute Gasteiger partial charge is 0.369 e. The molecule has 2 aromatic rings. The van der Waals surface area contributed by atoms with E-state index in [0.29, 0.717) is 22.2 Å². The lowest BCUT2D eigenvalue weighted by atomic mass is 9.78. The van der Waals surface area contributed by atoms with Crippen LogP contribution < -0.4 is 10.9 Å².